The molecule has 0 unspecified atom stereocenters. The second-order valence-electron chi connectivity index (χ2n) is 7.75. The molecular weight excluding hydrogens is 437 g/mol. The van der Waals surface area contributed by atoms with E-state index in [0.29, 0.717) is 29.5 Å². The van der Waals surface area contributed by atoms with Gasteiger partial charge in [0.05, 0.1) is 30.1 Å². The first kappa shape index (κ1) is 21.0. The Labute approximate surface area is 187 Å². The molecule has 2 bridgehead atoms. The van der Waals surface area contributed by atoms with E-state index in [1.54, 1.807) is 23.1 Å². The standard InChI is InChI=1S/C22H19F3N6O2/c1-33-19-10-18(26-12-27-19)29-21(32)31-15-7-8-30(11-15)17-6-5-16(28-20(17)31)13-3-2-4-14(9-13)22(23,24)25/h2-6,9-10,12,15H,7-8,11H2,1H3,(H,26,27,29,32)/t15-/m1/s1. The van der Waals surface area contributed by atoms with Crippen LogP contribution in [-0.4, -0.2) is 47.2 Å². The number of anilines is 3. The zero-order valence-electron chi connectivity index (χ0n) is 17.5. The maximum atomic E-state index is 13.3. The topological polar surface area (TPSA) is 83.5 Å². The van der Waals surface area contributed by atoms with Gasteiger partial charge >= 0.3 is 12.2 Å². The highest BCUT2D eigenvalue weighted by molar-refractivity contribution is 6.04. The van der Waals surface area contributed by atoms with Crippen LogP contribution in [0.2, 0.25) is 0 Å². The van der Waals surface area contributed by atoms with Gasteiger partial charge in [0.2, 0.25) is 5.88 Å². The van der Waals surface area contributed by atoms with Gasteiger partial charge in [-0.05, 0) is 30.7 Å². The number of nitrogens with zero attached hydrogens (tertiary/aromatic N) is 5. The Balaban J connectivity index is 1.51. The van der Waals surface area contributed by atoms with Crippen molar-refractivity contribution in [1.29, 1.82) is 0 Å². The fourth-order valence-corrected chi connectivity index (χ4v) is 4.18. The number of amides is 2. The molecule has 0 aliphatic carbocycles. The zero-order chi connectivity index (χ0) is 23.2. The van der Waals surface area contributed by atoms with Crippen molar-refractivity contribution in [2.24, 2.45) is 0 Å². The van der Waals surface area contributed by atoms with Gasteiger partial charge in [0.25, 0.3) is 0 Å². The first-order chi connectivity index (χ1) is 15.8. The molecule has 1 fully saturated rings. The fraction of sp³-hybridized carbons (Fsp3) is 0.273. The van der Waals surface area contributed by atoms with Gasteiger partial charge in [0.1, 0.15) is 12.1 Å². The van der Waals surface area contributed by atoms with Crippen LogP contribution in [0.15, 0.2) is 48.8 Å². The van der Waals surface area contributed by atoms with E-state index in [9.17, 15) is 18.0 Å². The summed E-state index contributed by atoms with van der Waals surface area (Å²) in [5.41, 5.74) is 0.677. The number of carbonyl (C=O) groups is 1. The van der Waals surface area contributed by atoms with Gasteiger partial charge in [-0.15, -0.1) is 0 Å². The second-order valence-corrected chi connectivity index (χ2v) is 7.75. The van der Waals surface area contributed by atoms with Crippen LogP contribution in [0.3, 0.4) is 0 Å². The number of pyridine rings is 1. The third-order valence-corrected chi connectivity index (χ3v) is 5.74. The van der Waals surface area contributed by atoms with E-state index in [1.165, 1.54) is 25.6 Å². The van der Waals surface area contributed by atoms with Crippen LogP contribution in [0.25, 0.3) is 11.3 Å². The van der Waals surface area contributed by atoms with Crippen LogP contribution >= 0.6 is 0 Å². The predicted octanol–water partition coefficient (Wildman–Crippen LogP) is 4.20. The number of halogens is 3. The molecule has 5 rings (SSSR count). The normalized spacial score (nSPS) is 17.0. The van der Waals surface area contributed by atoms with E-state index in [4.69, 9.17) is 4.74 Å². The molecule has 2 aromatic heterocycles. The number of nitrogens with one attached hydrogen (secondary N) is 1. The number of rotatable bonds is 3. The average Bonchev–Trinajstić information content (AvgIpc) is 3.22. The van der Waals surface area contributed by atoms with Crippen LogP contribution in [0.5, 0.6) is 5.88 Å². The lowest BCUT2D eigenvalue weighted by molar-refractivity contribution is -0.137. The Hall–Kier alpha value is -3.89. The highest BCUT2D eigenvalue weighted by Gasteiger charge is 2.40. The molecular formula is C22H19F3N6O2. The first-order valence-corrected chi connectivity index (χ1v) is 10.2. The molecule has 33 heavy (non-hydrogen) atoms. The van der Waals surface area contributed by atoms with Gasteiger partial charge in [-0.2, -0.15) is 13.2 Å². The lowest BCUT2D eigenvalue weighted by Gasteiger charge is -2.35. The van der Waals surface area contributed by atoms with E-state index in [-0.39, 0.29) is 11.9 Å². The molecule has 1 aromatic carbocycles. The molecule has 3 aromatic rings. The Morgan fingerprint density at radius 3 is 2.82 bits per heavy atom. The highest BCUT2D eigenvalue weighted by Crippen LogP contribution is 2.41. The molecule has 170 valence electrons. The molecule has 4 heterocycles. The molecule has 11 heteroatoms. The van der Waals surface area contributed by atoms with E-state index in [1.807, 2.05) is 0 Å². The molecule has 8 nitrogen and oxygen atoms in total. The Morgan fingerprint density at radius 2 is 2.03 bits per heavy atom. The monoisotopic (exact) mass is 456 g/mol. The number of hydrogen-bond acceptors (Lipinski definition) is 6. The van der Waals surface area contributed by atoms with Crippen molar-refractivity contribution in [2.45, 2.75) is 18.6 Å². The van der Waals surface area contributed by atoms with Gasteiger partial charge in [-0.1, -0.05) is 12.1 Å². The maximum Gasteiger partial charge on any atom is 0.416 e. The van der Waals surface area contributed by atoms with E-state index >= 15 is 0 Å². The molecule has 0 spiro atoms. The minimum absolute atomic E-state index is 0.120. The number of benzene rings is 1. The minimum Gasteiger partial charge on any atom is -0.481 e. The number of urea groups is 1. The minimum atomic E-state index is -4.46. The number of ether oxygens (including phenoxy) is 1. The molecule has 0 saturated carbocycles. The summed E-state index contributed by atoms with van der Waals surface area (Å²) in [6, 6.07) is 9.41. The van der Waals surface area contributed by atoms with Crippen LogP contribution in [0.1, 0.15) is 12.0 Å². The number of hydrogen-bond donors (Lipinski definition) is 1. The van der Waals surface area contributed by atoms with Crippen LogP contribution in [-0.2, 0) is 6.18 Å². The Morgan fingerprint density at radius 1 is 1.18 bits per heavy atom. The zero-order valence-corrected chi connectivity index (χ0v) is 17.5. The summed E-state index contributed by atoms with van der Waals surface area (Å²) in [6.45, 7) is 1.41. The van der Waals surface area contributed by atoms with Crippen molar-refractivity contribution in [3.8, 4) is 17.1 Å². The summed E-state index contributed by atoms with van der Waals surface area (Å²) in [4.78, 5) is 29.5. The molecule has 2 aliphatic rings. The molecule has 1 saturated heterocycles. The summed E-state index contributed by atoms with van der Waals surface area (Å²) in [6.07, 6.45) is -2.44. The third kappa shape index (κ3) is 3.90. The Kier molecular flexibility index (Phi) is 5.03. The van der Waals surface area contributed by atoms with Crippen molar-refractivity contribution in [3.05, 3.63) is 54.4 Å². The first-order valence-electron chi connectivity index (χ1n) is 10.2. The Bertz CT molecular complexity index is 1220. The number of fused-ring (bicyclic) bond motifs is 4. The van der Waals surface area contributed by atoms with E-state index < -0.39 is 17.8 Å². The van der Waals surface area contributed by atoms with Gasteiger partial charge in [-0.3, -0.25) is 10.2 Å². The smallest absolute Gasteiger partial charge is 0.416 e. The van der Waals surface area contributed by atoms with Crippen molar-refractivity contribution in [1.82, 2.24) is 15.0 Å². The molecule has 1 atom stereocenters. The summed E-state index contributed by atoms with van der Waals surface area (Å²) in [7, 11) is 1.46. The number of methoxy groups -OCH3 is 1. The van der Waals surface area contributed by atoms with Gasteiger partial charge in [0, 0.05) is 24.7 Å². The van der Waals surface area contributed by atoms with Crippen molar-refractivity contribution in [2.75, 3.05) is 35.3 Å². The quantitative estimate of drug-likeness (QED) is 0.636. The lowest BCUT2D eigenvalue weighted by Crippen LogP contribution is -2.48. The summed E-state index contributed by atoms with van der Waals surface area (Å²) >= 11 is 0. The van der Waals surface area contributed by atoms with E-state index in [2.05, 4.69) is 25.2 Å². The molecule has 2 amide bonds. The van der Waals surface area contributed by atoms with Crippen LogP contribution < -0.4 is 19.9 Å². The molecule has 0 radical (unpaired) electrons. The van der Waals surface area contributed by atoms with Crippen LogP contribution in [0.4, 0.5) is 35.3 Å². The van der Waals surface area contributed by atoms with Crippen molar-refractivity contribution >= 4 is 23.4 Å². The number of alkyl halides is 3. The SMILES string of the molecule is COc1cc(NC(=O)N2c3nc(-c4cccc(C(F)(F)F)c4)ccc3N3CC[C@@H]2C3)ncn1. The van der Waals surface area contributed by atoms with Gasteiger partial charge < -0.3 is 9.64 Å². The largest absolute Gasteiger partial charge is 0.481 e. The average molecular weight is 456 g/mol. The van der Waals surface area contributed by atoms with Crippen LogP contribution in [0, 0.1) is 0 Å². The van der Waals surface area contributed by atoms with Crippen molar-refractivity contribution in [3.63, 3.8) is 0 Å². The number of carbonyl (C=O) groups excluding carboxylic acids is 1. The molecule has 1 N–H and O–H groups in total. The van der Waals surface area contributed by atoms with E-state index in [0.717, 1.165) is 30.8 Å². The summed E-state index contributed by atoms with van der Waals surface area (Å²) in [5, 5.41) is 2.75. The maximum absolute atomic E-state index is 13.3. The van der Waals surface area contributed by atoms with Gasteiger partial charge in [-0.25, -0.2) is 19.7 Å². The second kappa shape index (κ2) is 7.91. The third-order valence-electron chi connectivity index (χ3n) is 5.74. The fourth-order valence-electron chi connectivity index (χ4n) is 4.18. The summed E-state index contributed by atoms with van der Waals surface area (Å²) in [5.74, 6) is 0.969. The highest BCUT2D eigenvalue weighted by atomic mass is 19.4. The number of aromatic nitrogens is 3. The lowest BCUT2D eigenvalue weighted by atomic mass is 10.1. The van der Waals surface area contributed by atoms with Crippen molar-refractivity contribution < 1.29 is 22.7 Å². The predicted molar refractivity (Wildman–Crippen MR) is 115 cm³/mol. The summed E-state index contributed by atoms with van der Waals surface area (Å²) < 4.78 is 44.6. The van der Waals surface area contributed by atoms with Gasteiger partial charge in [0.15, 0.2) is 5.82 Å². The molecule has 2 aliphatic heterocycles.